The maximum atomic E-state index is 13.7. The molecular weight excluding hydrogens is 271 g/mol. The van der Waals surface area contributed by atoms with Crippen LogP contribution in [0.25, 0.3) is 0 Å². The lowest BCUT2D eigenvalue weighted by molar-refractivity contribution is 0.571. The summed E-state index contributed by atoms with van der Waals surface area (Å²) in [5.41, 5.74) is 0.679. The van der Waals surface area contributed by atoms with Gasteiger partial charge in [-0.2, -0.15) is 0 Å². The summed E-state index contributed by atoms with van der Waals surface area (Å²) < 4.78 is 42.9. The van der Waals surface area contributed by atoms with Crippen molar-refractivity contribution in [1.82, 2.24) is 0 Å². The van der Waals surface area contributed by atoms with E-state index in [4.69, 9.17) is 0 Å². The van der Waals surface area contributed by atoms with Crippen molar-refractivity contribution in [2.75, 3.05) is 4.72 Å². The highest BCUT2D eigenvalue weighted by atomic mass is 32.2. The first-order valence-electron chi connectivity index (χ1n) is 5.62. The van der Waals surface area contributed by atoms with Crippen LogP contribution in [0.5, 0.6) is 0 Å². The third-order valence-corrected chi connectivity index (χ3v) is 3.55. The van der Waals surface area contributed by atoms with Crippen LogP contribution in [0.15, 0.2) is 35.2 Å². The number of anilines is 1. The van der Waals surface area contributed by atoms with Crippen molar-refractivity contribution in [3.8, 4) is 0 Å². The van der Waals surface area contributed by atoms with Crippen LogP contribution in [0.1, 0.15) is 11.1 Å². The number of hydrogen-bond donors (Lipinski definition) is 1. The third kappa shape index (κ3) is 3.04. The van der Waals surface area contributed by atoms with Crippen LogP contribution in [-0.4, -0.2) is 0 Å². The molecule has 100 valence electrons. The zero-order chi connectivity index (χ0) is 14.0. The van der Waals surface area contributed by atoms with E-state index in [0.717, 1.165) is 11.9 Å². The Morgan fingerprint density at radius 3 is 2.37 bits per heavy atom. The Balaban J connectivity index is 2.14. The Morgan fingerprint density at radius 1 is 0.947 bits per heavy atom. The number of aryl methyl sites for hydroxylation is 1. The summed E-state index contributed by atoms with van der Waals surface area (Å²) >= 11 is 1.07. The van der Waals surface area contributed by atoms with Gasteiger partial charge in [-0.3, -0.25) is 0 Å². The van der Waals surface area contributed by atoms with Gasteiger partial charge in [0.1, 0.15) is 11.6 Å². The highest BCUT2D eigenvalue weighted by Gasteiger charge is 2.10. The van der Waals surface area contributed by atoms with Gasteiger partial charge < -0.3 is 4.72 Å². The van der Waals surface area contributed by atoms with E-state index in [0.29, 0.717) is 10.5 Å². The van der Waals surface area contributed by atoms with Gasteiger partial charge in [0.2, 0.25) is 0 Å². The standard InChI is InChI=1S/C14H12F3NS/c1-8-3-4-10(7-12(8)16)19-18-13-6-5-11(15)9(2)14(13)17/h3-7,18H,1-2H3. The number of rotatable bonds is 3. The predicted octanol–water partition coefficient (Wildman–Crippen LogP) is 4.84. The lowest BCUT2D eigenvalue weighted by Crippen LogP contribution is -1.96. The fourth-order valence-electron chi connectivity index (χ4n) is 1.49. The predicted molar refractivity (Wildman–Crippen MR) is 71.7 cm³/mol. The van der Waals surface area contributed by atoms with Gasteiger partial charge in [0, 0.05) is 10.5 Å². The molecular formula is C14H12F3NS. The van der Waals surface area contributed by atoms with E-state index in [2.05, 4.69) is 4.72 Å². The van der Waals surface area contributed by atoms with Crippen LogP contribution in [0.4, 0.5) is 18.9 Å². The van der Waals surface area contributed by atoms with Crippen LogP contribution in [0.3, 0.4) is 0 Å². The van der Waals surface area contributed by atoms with E-state index < -0.39 is 11.6 Å². The monoisotopic (exact) mass is 283 g/mol. The fourth-order valence-corrected chi connectivity index (χ4v) is 2.18. The Bertz CT molecular complexity index is 614. The van der Waals surface area contributed by atoms with Crippen LogP contribution >= 0.6 is 11.9 Å². The first kappa shape index (κ1) is 13.8. The minimum Gasteiger partial charge on any atom is -0.323 e. The van der Waals surface area contributed by atoms with E-state index in [1.165, 1.54) is 25.1 Å². The molecule has 2 aromatic rings. The van der Waals surface area contributed by atoms with Gasteiger partial charge in [0.25, 0.3) is 0 Å². The Kier molecular flexibility index (Phi) is 4.04. The molecule has 1 N–H and O–H groups in total. The number of hydrogen-bond acceptors (Lipinski definition) is 2. The van der Waals surface area contributed by atoms with Gasteiger partial charge >= 0.3 is 0 Å². The third-order valence-electron chi connectivity index (χ3n) is 2.74. The molecule has 0 heterocycles. The zero-order valence-electron chi connectivity index (χ0n) is 10.4. The topological polar surface area (TPSA) is 12.0 Å². The summed E-state index contributed by atoms with van der Waals surface area (Å²) in [5, 5.41) is 0. The average molecular weight is 283 g/mol. The summed E-state index contributed by atoms with van der Waals surface area (Å²) in [4.78, 5) is 0.615. The normalized spacial score (nSPS) is 10.6. The molecule has 5 heteroatoms. The SMILES string of the molecule is Cc1ccc(SNc2ccc(F)c(C)c2F)cc1F. The van der Waals surface area contributed by atoms with Crippen molar-refractivity contribution in [3.05, 3.63) is 58.9 Å². The first-order valence-corrected chi connectivity index (χ1v) is 6.44. The molecule has 2 aromatic carbocycles. The second-order valence-corrected chi connectivity index (χ2v) is 5.03. The summed E-state index contributed by atoms with van der Waals surface area (Å²) in [6.45, 7) is 3.03. The van der Waals surface area contributed by atoms with Gasteiger partial charge in [-0.15, -0.1) is 0 Å². The van der Waals surface area contributed by atoms with E-state index in [9.17, 15) is 13.2 Å². The quantitative estimate of drug-likeness (QED) is 0.809. The number of halogens is 3. The molecule has 2 rings (SSSR count). The highest BCUT2D eigenvalue weighted by Crippen LogP contribution is 2.26. The van der Waals surface area contributed by atoms with Gasteiger partial charge in [-0.05, 0) is 55.6 Å². The van der Waals surface area contributed by atoms with Gasteiger partial charge in [-0.25, -0.2) is 13.2 Å². The second-order valence-electron chi connectivity index (χ2n) is 4.15. The Labute approximate surface area is 114 Å². The molecule has 0 bridgehead atoms. The number of nitrogens with one attached hydrogen (secondary N) is 1. The van der Waals surface area contributed by atoms with E-state index in [1.54, 1.807) is 19.1 Å². The van der Waals surface area contributed by atoms with Crippen molar-refractivity contribution in [2.45, 2.75) is 18.7 Å². The Morgan fingerprint density at radius 2 is 1.68 bits per heavy atom. The molecule has 0 aliphatic heterocycles. The van der Waals surface area contributed by atoms with Crippen molar-refractivity contribution in [3.63, 3.8) is 0 Å². The van der Waals surface area contributed by atoms with Gasteiger partial charge in [0.05, 0.1) is 5.69 Å². The number of benzene rings is 2. The molecule has 0 fully saturated rings. The molecule has 0 unspecified atom stereocenters. The minimum atomic E-state index is -0.639. The van der Waals surface area contributed by atoms with Crippen LogP contribution in [-0.2, 0) is 0 Å². The van der Waals surface area contributed by atoms with Crippen molar-refractivity contribution in [1.29, 1.82) is 0 Å². The molecule has 0 amide bonds. The van der Waals surface area contributed by atoms with E-state index in [-0.39, 0.29) is 17.1 Å². The smallest absolute Gasteiger partial charge is 0.152 e. The van der Waals surface area contributed by atoms with Crippen LogP contribution < -0.4 is 4.72 Å². The summed E-state index contributed by atoms with van der Waals surface area (Å²) in [6.07, 6.45) is 0. The first-order chi connectivity index (χ1) is 8.99. The molecule has 19 heavy (non-hydrogen) atoms. The van der Waals surface area contributed by atoms with E-state index in [1.807, 2.05) is 0 Å². The van der Waals surface area contributed by atoms with E-state index >= 15 is 0 Å². The molecule has 0 aliphatic carbocycles. The molecule has 0 aromatic heterocycles. The van der Waals surface area contributed by atoms with Crippen LogP contribution in [0.2, 0.25) is 0 Å². The molecule has 0 atom stereocenters. The summed E-state index contributed by atoms with van der Waals surface area (Å²) in [5.74, 6) is -1.54. The molecule has 0 saturated heterocycles. The maximum Gasteiger partial charge on any atom is 0.152 e. The van der Waals surface area contributed by atoms with Gasteiger partial charge in [-0.1, -0.05) is 6.07 Å². The van der Waals surface area contributed by atoms with Crippen molar-refractivity contribution < 1.29 is 13.2 Å². The highest BCUT2D eigenvalue weighted by molar-refractivity contribution is 8.00. The molecule has 0 saturated carbocycles. The largest absolute Gasteiger partial charge is 0.323 e. The lowest BCUT2D eigenvalue weighted by Gasteiger charge is -2.09. The maximum absolute atomic E-state index is 13.7. The zero-order valence-corrected chi connectivity index (χ0v) is 11.2. The molecule has 0 spiro atoms. The second kappa shape index (κ2) is 5.57. The Hall–Kier alpha value is -1.62. The van der Waals surface area contributed by atoms with Crippen molar-refractivity contribution in [2.24, 2.45) is 0 Å². The minimum absolute atomic E-state index is 0.0410. The summed E-state index contributed by atoms with van der Waals surface area (Å²) in [6, 6.07) is 7.24. The van der Waals surface area contributed by atoms with Crippen molar-refractivity contribution >= 4 is 17.6 Å². The molecule has 0 radical (unpaired) electrons. The van der Waals surface area contributed by atoms with Gasteiger partial charge in [0.15, 0.2) is 5.82 Å². The molecule has 0 aliphatic rings. The van der Waals surface area contributed by atoms with Crippen LogP contribution in [0, 0.1) is 31.3 Å². The average Bonchev–Trinajstić information content (AvgIpc) is 2.39. The lowest BCUT2D eigenvalue weighted by atomic mass is 10.2. The molecule has 1 nitrogen and oxygen atoms in total. The summed E-state index contributed by atoms with van der Waals surface area (Å²) in [7, 11) is 0. The fraction of sp³-hybridized carbons (Fsp3) is 0.143.